The number of pyridine rings is 1. The van der Waals surface area contributed by atoms with Crippen LogP contribution in [0.4, 0.5) is 17.3 Å². The summed E-state index contributed by atoms with van der Waals surface area (Å²) in [5, 5.41) is 3.59. The fraction of sp³-hybridized carbons (Fsp3) is 0.435. The van der Waals surface area contributed by atoms with Crippen molar-refractivity contribution in [3.05, 3.63) is 30.1 Å². The summed E-state index contributed by atoms with van der Waals surface area (Å²) in [7, 11) is 5.65. The van der Waals surface area contributed by atoms with Gasteiger partial charge in [0.2, 0.25) is 0 Å². The van der Waals surface area contributed by atoms with Gasteiger partial charge in [0.25, 0.3) is 0 Å². The van der Waals surface area contributed by atoms with Crippen LogP contribution < -0.4 is 20.7 Å². The number of hydrogen-bond acceptors (Lipinski definition) is 8. The standard InChI is InChI=1S/C23H30N6O2/c1-5-17-23(26-15-8-10-31-11-9-15)28-20-16(13-25-22(24)21(20)27-17)14-6-7-18(29(2)3)19(12-14)30-4/h6-7,12-13,15H,5,8-11H2,1-4H3,(H2,24,25)(H,26,28). The predicted octanol–water partition coefficient (Wildman–Crippen LogP) is 3.50. The van der Waals surface area contributed by atoms with E-state index in [9.17, 15) is 0 Å². The van der Waals surface area contributed by atoms with Gasteiger partial charge in [-0.1, -0.05) is 13.0 Å². The van der Waals surface area contributed by atoms with Gasteiger partial charge in [-0.05, 0) is 37.0 Å². The quantitative estimate of drug-likeness (QED) is 0.623. The van der Waals surface area contributed by atoms with E-state index in [2.05, 4.69) is 17.2 Å². The molecule has 1 aliphatic rings. The topological polar surface area (TPSA) is 98.4 Å². The summed E-state index contributed by atoms with van der Waals surface area (Å²) >= 11 is 0. The van der Waals surface area contributed by atoms with Crippen molar-refractivity contribution in [3.8, 4) is 16.9 Å². The number of aromatic nitrogens is 3. The Morgan fingerprint density at radius 2 is 1.97 bits per heavy atom. The zero-order valence-electron chi connectivity index (χ0n) is 18.6. The van der Waals surface area contributed by atoms with Gasteiger partial charge in [0.15, 0.2) is 5.82 Å². The number of hydrogen-bond donors (Lipinski definition) is 2. The fourth-order valence-corrected chi connectivity index (χ4v) is 3.92. The lowest BCUT2D eigenvalue weighted by Crippen LogP contribution is -2.29. The average Bonchev–Trinajstić information content (AvgIpc) is 2.79. The van der Waals surface area contributed by atoms with E-state index < -0.39 is 0 Å². The number of benzene rings is 1. The number of anilines is 3. The Kier molecular flexibility index (Phi) is 6.08. The van der Waals surface area contributed by atoms with Crippen molar-refractivity contribution in [1.82, 2.24) is 15.0 Å². The summed E-state index contributed by atoms with van der Waals surface area (Å²) in [5.41, 5.74) is 11.3. The molecule has 1 aliphatic heterocycles. The Hall–Kier alpha value is -3.13. The van der Waals surface area contributed by atoms with Gasteiger partial charge in [-0.25, -0.2) is 15.0 Å². The summed E-state index contributed by atoms with van der Waals surface area (Å²) in [6.45, 7) is 3.60. The molecule has 8 nitrogen and oxygen atoms in total. The number of rotatable bonds is 6. The largest absolute Gasteiger partial charge is 0.495 e. The highest BCUT2D eigenvalue weighted by atomic mass is 16.5. The van der Waals surface area contributed by atoms with Gasteiger partial charge in [-0.2, -0.15) is 0 Å². The Morgan fingerprint density at radius 1 is 1.19 bits per heavy atom. The normalized spacial score (nSPS) is 14.6. The average molecular weight is 423 g/mol. The summed E-state index contributed by atoms with van der Waals surface area (Å²) in [6.07, 6.45) is 4.43. The fourth-order valence-electron chi connectivity index (χ4n) is 3.92. The zero-order valence-corrected chi connectivity index (χ0v) is 18.6. The van der Waals surface area contributed by atoms with Gasteiger partial charge in [0, 0.05) is 45.1 Å². The number of aryl methyl sites for hydroxylation is 1. The number of ether oxygens (including phenoxy) is 2. The minimum absolute atomic E-state index is 0.327. The van der Waals surface area contributed by atoms with Gasteiger partial charge in [0.1, 0.15) is 22.6 Å². The molecule has 1 fully saturated rings. The van der Waals surface area contributed by atoms with Gasteiger partial charge < -0.3 is 25.4 Å². The maximum Gasteiger partial charge on any atom is 0.151 e. The summed E-state index contributed by atoms with van der Waals surface area (Å²) in [4.78, 5) is 16.3. The third-order valence-corrected chi connectivity index (χ3v) is 5.67. The van der Waals surface area contributed by atoms with Crippen molar-refractivity contribution >= 4 is 28.4 Å². The SMILES string of the molecule is CCc1nc2c(N)ncc(-c3ccc(N(C)C)c(OC)c3)c2nc1NC1CCOCC1. The van der Waals surface area contributed by atoms with E-state index in [1.54, 1.807) is 13.3 Å². The van der Waals surface area contributed by atoms with Crippen LogP contribution in [-0.4, -0.2) is 55.4 Å². The lowest BCUT2D eigenvalue weighted by Gasteiger charge is -2.24. The monoisotopic (exact) mass is 422 g/mol. The van der Waals surface area contributed by atoms with E-state index in [-0.39, 0.29) is 0 Å². The minimum atomic E-state index is 0.327. The third-order valence-electron chi connectivity index (χ3n) is 5.67. The molecule has 0 unspecified atom stereocenters. The maximum absolute atomic E-state index is 6.20. The minimum Gasteiger partial charge on any atom is -0.495 e. The van der Waals surface area contributed by atoms with E-state index in [1.807, 2.05) is 37.2 Å². The van der Waals surface area contributed by atoms with Crippen molar-refractivity contribution in [2.24, 2.45) is 0 Å². The first-order valence-electron chi connectivity index (χ1n) is 10.7. The Balaban J connectivity index is 1.84. The first kappa shape index (κ1) is 21.1. The van der Waals surface area contributed by atoms with Gasteiger partial charge in [0.05, 0.1) is 18.5 Å². The van der Waals surface area contributed by atoms with E-state index >= 15 is 0 Å². The van der Waals surface area contributed by atoms with Crippen molar-refractivity contribution in [3.63, 3.8) is 0 Å². The molecule has 164 valence electrons. The molecule has 4 rings (SSSR count). The van der Waals surface area contributed by atoms with Gasteiger partial charge in [-0.3, -0.25) is 0 Å². The Bertz CT molecular complexity index is 1080. The number of nitrogens with one attached hydrogen (secondary N) is 1. The molecule has 2 aromatic heterocycles. The van der Waals surface area contributed by atoms with Crippen molar-refractivity contribution in [2.75, 3.05) is 50.4 Å². The van der Waals surface area contributed by atoms with Crippen LogP contribution in [0.1, 0.15) is 25.5 Å². The Labute approximate surface area is 182 Å². The molecule has 3 heterocycles. The molecular formula is C23H30N6O2. The number of methoxy groups -OCH3 is 1. The number of fused-ring (bicyclic) bond motifs is 1. The van der Waals surface area contributed by atoms with Crippen LogP contribution >= 0.6 is 0 Å². The second kappa shape index (κ2) is 8.93. The molecule has 1 aromatic carbocycles. The second-order valence-corrected chi connectivity index (χ2v) is 7.94. The number of nitrogens with two attached hydrogens (primary N) is 1. The number of nitrogen functional groups attached to an aromatic ring is 1. The lowest BCUT2D eigenvalue weighted by atomic mass is 10.0. The predicted molar refractivity (Wildman–Crippen MR) is 125 cm³/mol. The molecular weight excluding hydrogens is 392 g/mol. The third kappa shape index (κ3) is 4.20. The maximum atomic E-state index is 6.20. The van der Waals surface area contributed by atoms with E-state index in [0.29, 0.717) is 17.4 Å². The molecule has 0 aliphatic carbocycles. The van der Waals surface area contributed by atoms with Crippen LogP contribution in [0, 0.1) is 0 Å². The molecule has 8 heteroatoms. The molecule has 0 radical (unpaired) electrons. The Morgan fingerprint density at radius 3 is 2.65 bits per heavy atom. The number of nitrogens with zero attached hydrogens (tertiary/aromatic N) is 4. The summed E-state index contributed by atoms with van der Waals surface area (Å²) in [5.74, 6) is 1.98. The van der Waals surface area contributed by atoms with E-state index in [4.69, 9.17) is 25.2 Å². The van der Waals surface area contributed by atoms with Crippen LogP contribution in [0.5, 0.6) is 5.75 Å². The van der Waals surface area contributed by atoms with Crippen molar-refractivity contribution in [1.29, 1.82) is 0 Å². The molecule has 0 saturated carbocycles. The molecule has 1 saturated heterocycles. The summed E-state index contributed by atoms with van der Waals surface area (Å²) in [6, 6.07) is 6.41. The summed E-state index contributed by atoms with van der Waals surface area (Å²) < 4.78 is 11.1. The van der Waals surface area contributed by atoms with Gasteiger partial charge >= 0.3 is 0 Å². The lowest BCUT2D eigenvalue weighted by molar-refractivity contribution is 0.0903. The molecule has 0 amide bonds. The smallest absolute Gasteiger partial charge is 0.151 e. The molecule has 3 N–H and O–H groups in total. The van der Waals surface area contributed by atoms with Crippen LogP contribution in [0.15, 0.2) is 24.4 Å². The van der Waals surface area contributed by atoms with Crippen LogP contribution in [0.2, 0.25) is 0 Å². The highest BCUT2D eigenvalue weighted by molar-refractivity contribution is 5.97. The van der Waals surface area contributed by atoms with Crippen molar-refractivity contribution in [2.45, 2.75) is 32.2 Å². The molecule has 0 spiro atoms. The van der Waals surface area contributed by atoms with Crippen molar-refractivity contribution < 1.29 is 9.47 Å². The first-order chi connectivity index (χ1) is 15.0. The van der Waals surface area contributed by atoms with Gasteiger partial charge in [-0.15, -0.1) is 0 Å². The second-order valence-electron chi connectivity index (χ2n) is 7.94. The molecule has 31 heavy (non-hydrogen) atoms. The molecule has 3 aromatic rings. The zero-order chi connectivity index (χ0) is 22.0. The highest BCUT2D eigenvalue weighted by Crippen LogP contribution is 2.36. The first-order valence-corrected chi connectivity index (χ1v) is 10.7. The highest BCUT2D eigenvalue weighted by Gasteiger charge is 2.19. The molecule has 0 bridgehead atoms. The van der Waals surface area contributed by atoms with E-state index in [1.165, 1.54) is 0 Å². The van der Waals surface area contributed by atoms with Crippen LogP contribution in [0.25, 0.3) is 22.2 Å². The van der Waals surface area contributed by atoms with Crippen LogP contribution in [0.3, 0.4) is 0 Å². The van der Waals surface area contributed by atoms with Crippen LogP contribution in [-0.2, 0) is 11.2 Å². The molecule has 0 atom stereocenters. The van der Waals surface area contributed by atoms with E-state index in [0.717, 1.165) is 72.1 Å².